The first-order chi connectivity index (χ1) is 13.9. The van der Waals surface area contributed by atoms with Gasteiger partial charge in [0.05, 0.1) is 23.2 Å². The van der Waals surface area contributed by atoms with Crippen molar-refractivity contribution in [3.8, 4) is 5.75 Å². The van der Waals surface area contributed by atoms with Crippen LogP contribution in [0.4, 0.5) is 5.69 Å². The number of benzene rings is 2. The fourth-order valence-electron chi connectivity index (χ4n) is 3.78. The Hall–Kier alpha value is -2.31. The van der Waals surface area contributed by atoms with E-state index in [9.17, 15) is 8.42 Å². The smallest absolute Gasteiger partial charge is 0.210 e. The summed E-state index contributed by atoms with van der Waals surface area (Å²) in [6.07, 6.45) is 3.51. The molecule has 0 aliphatic carbocycles. The van der Waals surface area contributed by atoms with Crippen LogP contribution in [-0.2, 0) is 9.84 Å². The Labute approximate surface area is 176 Å². The van der Waals surface area contributed by atoms with Crippen molar-refractivity contribution in [1.29, 1.82) is 0 Å². The lowest BCUT2D eigenvalue weighted by molar-refractivity contribution is 0.415. The number of piperidine rings is 1. The first-order valence-electron chi connectivity index (χ1n) is 9.62. The molecular formula is C22H23ClN2O3S. The highest BCUT2D eigenvalue weighted by molar-refractivity contribution is 7.91. The first-order valence-corrected chi connectivity index (χ1v) is 11.5. The molecule has 0 atom stereocenters. The minimum absolute atomic E-state index is 0.167. The Balaban J connectivity index is 1.97. The molecule has 1 fully saturated rings. The summed E-state index contributed by atoms with van der Waals surface area (Å²) < 4.78 is 32.5. The van der Waals surface area contributed by atoms with Gasteiger partial charge in [0.2, 0.25) is 9.84 Å². The van der Waals surface area contributed by atoms with Crippen LogP contribution in [0.15, 0.2) is 58.5 Å². The van der Waals surface area contributed by atoms with E-state index in [-0.39, 0.29) is 9.79 Å². The Bertz CT molecular complexity index is 1160. The van der Waals surface area contributed by atoms with E-state index in [2.05, 4.69) is 16.8 Å². The molecule has 152 valence electrons. The van der Waals surface area contributed by atoms with Crippen LogP contribution in [0.2, 0.25) is 5.02 Å². The number of nitrogens with zero attached hydrogens (tertiary/aromatic N) is 2. The summed E-state index contributed by atoms with van der Waals surface area (Å²) in [4.78, 5) is 6.99. The van der Waals surface area contributed by atoms with Gasteiger partial charge in [-0.1, -0.05) is 24.6 Å². The molecule has 1 aliphatic rings. The number of methoxy groups -OCH3 is 1. The van der Waals surface area contributed by atoms with E-state index in [0.717, 1.165) is 36.8 Å². The third-order valence-corrected chi connectivity index (χ3v) is 7.50. The number of ether oxygens (including phenoxy) is 1. The van der Waals surface area contributed by atoms with Crippen LogP contribution in [0, 0.1) is 5.92 Å². The van der Waals surface area contributed by atoms with Crippen molar-refractivity contribution < 1.29 is 13.2 Å². The maximum absolute atomic E-state index is 13.6. The zero-order valence-corrected chi connectivity index (χ0v) is 18.0. The highest BCUT2D eigenvalue weighted by Gasteiger charge is 2.29. The van der Waals surface area contributed by atoms with Gasteiger partial charge in [0.25, 0.3) is 0 Å². The number of fused-ring (bicyclic) bond motifs is 1. The van der Waals surface area contributed by atoms with E-state index in [4.69, 9.17) is 16.3 Å². The maximum atomic E-state index is 13.6. The van der Waals surface area contributed by atoms with E-state index in [0.29, 0.717) is 22.4 Å². The Morgan fingerprint density at radius 2 is 1.90 bits per heavy atom. The predicted molar refractivity (Wildman–Crippen MR) is 116 cm³/mol. The summed E-state index contributed by atoms with van der Waals surface area (Å²) in [5.74, 6) is 1.30. The van der Waals surface area contributed by atoms with Crippen LogP contribution in [0.5, 0.6) is 5.75 Å². The molecule has 1 aliphatic heterocycles. The number of aromatic nitrogens is 1. The number of sulfone groups is 1. The van der Waals surface area contributed by atoms with E-state index in [1.54, 1.807) is 25.3 Å². The van der Waals surface area contributed by atoms with Gasteiger partial charge in [-0.2, -0.15) is 0 Å². The Morgan fingerprint density at radius 3 is 2.59 bits per heavy atom. The Kier molecular flexibility index (Phi) is 5.40. The van der Waals surface area contributed by atoms with E-state index in [1.165, 1.54) is 12.3 Å². The van der Waals surface area contributed by atoms with Gasteiger partial charge in [-0.3, -0.25) is 4.98 Å². The average Bonchev–Trinajstić information content (AvgIpc) is 2.73. The molecule has 0 radical (unpaired) electrons. The number of rotatable bonds is 4. The molecule has 0 amide bonds. The van der Waals surface area contributed by atoms with Crippen LogP contribution in [0.1, 0.15) is 19.8 Å². The van der Waals surface area contributed by atoms with Crippen molar-refractivity contribution in [3.05, 3.63) is 53.7 Å². The highest BCUT2D eigenvalue weighted by atomic mass is 35.5. The zero-order valence-electron chi connectivity index (χ0n) is 16.4. The molecule has 3 aromatic rings. The lowest BCUT2D eigenvalue weighted by Gasteiger charge is -2.34. The van der Waals surface area contributed by atoms with Crippen molar-refractivity contribution in [2.45, 2.75) is 29.6 Å². The lowest BCUT2D eigenvalue weighted by atomic mass is 9.98. The number of halogens is 1. The molecule has 0 spiro atoms. The van der Waals surface area contributed by atoms with Crippen molar-refractivity contribution in [2.75, 3.05) is 25.1 Å². The molecule has 7 heteroatoms. The fourth-order valence-corrected chi connectivity index (χ4v) is 5.52. The SMILES string of the molecule is COc1ccc2ncc(S(=O)(=O)c3cccc(Cl)c3)c(N3CCC(C)CC3)c2c1. The van der Waals surface area contributed by atoms with Gasteiger partial charge in [-0.25, -0.2) is 8.42 Å². The maximum Gasteiger partial charge on any atom is 0.210 e. The molecule has 2 aromatic carbocycles. The number of anilines is 1. The average molecular weight is 431 g/mol. The molecule has 0 unspecified atom stereocenters. The largest absolute Gasteiger partial charge is 0.497 e. The summed E-state index contributed by atoms with van der Waals surface area (Å²) in [6.45, 7) is 3.83. The molecule has 2 heterocycles. The molecule has 4 rings (SSSR count). The topological polar surface area (TPSA) is 59.5 Å². The van der Waals surface area contributed by atoms with Crippen LogP contribution < -0.4 is 9.64 Å². The van der Waals surface area contributed by atoms with Gasteiger partial charge in [0, 0.05) is 29.7 Å². The zero-order chi connectivity index (χ0) is 20.6. The monoisotopic (exact) mass is 430 g/mol. The molecule has 1 saturated heterocycles. The minimum atomic E-state index is -3.80. The van der Waals surface area contributed by atoms with Crippen molar-refractivity contribution in [1.82, 2.24) is 4.98 Å². The van der Waals surface area contributed by atoms with Crippen LogP contribution in [0.3, 0.4) is 0 Å². The van der Waals surface area contributed by atoms with Gasteiger partial charge in [0.15, 0.2) is 0 Å². The minimum Gasteiger partial charge on any atom is -0.497 e. The van der Waals surface area contributed by atoms with Crippen molar-refractivity contribution in [3.63, 3.8) is 0 Å². The van der Waals surface area contributed by atoms with Crippen molar-refractivity contribution in [2.24, 2.45) is 5.92 Å². The second-order valence-corrected chi connectivity index (χ2v) is 9.84. The molecule has 5 nitrogen and oxygen atoms in total. The molecule has 0 N–H and O–H groups in total. The molecule has 0 saturated carbocycles. The van der Waals surface area contributed by atoms with Gasteiger partial charge < -0.3 is 9.64 Å². The number of hydrogen-bond acceptors (Lipinski definition) is 5. The van der Waals surface area contributed by atoms with E-state index >= 15 is 0 Å². The quantitative estimate of drug-likeness (QED) is 0.585. The van der Waals surface area contributed by atoms with Crippen LogP contribution >= 0.6 is 11.6 Å². The standard InChI is InChI=1S/C22H23ClN2O3S/c1-15-8-10-25(11-9-15)22-19-13-17(28-2)6-7-20(19)24-14-21(22)29(26,27)18-5-3-4-16(23)12-18/h3-7,12-15H,8-11H2,1-2H3. The number of pyridine rings is 1. The van der Waals surface area contributed by atoms with Gasteiger partial charge in [-0.05, 0) is 55.2 Å². The molecule has 0 bridgehead atoms. The lowest BCUT2D eigenvalue weighted by Crippen LogP contribution is -2.34. The molecular weight excluding hydrogens is 408 g/mol. The second-order valence-electron chi connectivity index (χ2n) is 7.48. The van der Waals surface area contributed by atoms with Gasteiger partial charge in [-0.15, -0.1) is 0 Å². The third-order valence-electron chi connectivity index (χ3n) is 5.51. The predicted octanol–water partition coefficient (Wildman–Crippen LogP) is 4.97. The van der Waals surface area contributed by atoms with Crippen LogP contribution in [0.25, 0.3) is 10.9 Å². The fraction of sp³-hybridized carbons (Fsp3) is 0.318. The first kappa shape index (κ1) is 20.0. The summed E-state index contributed by atoms with van der Waals surface area (Å²) >= 11 is 6.07. The Morgan fingerprint density at radius 1 is 1.14 bits per heavy atom. The summed E-state index contributed by atoms with van der Waals surface area (Å²) in [7, 11) is -2.19. The summed E-state index contributed by atoms with van der Waals surface area (Å²) in [6, 6.07) is 11.9. The highest BCUT2D eigenvalue weighted by Crippen LogP contribution is 2.39. The third kappa shape index (κ3) is 3.79. The van der Waals surface area contributed by atoms with Gasteiger partial charge in [0.1, 0.15) is 10.6 Å². The van der Waals surface area contributed by atoms with Crippen LogP contribution in [-0.4, -0.2) is 33.6 Å². The number of hydrogen-bond donors (Lipinski definition) is 0. The summed E-state index contributed by atoms with van der Waals surface area (Å²) in [5, 5.41) is 1.16. The van der Waals surface area contributed by atoms with E-state index < -0.39 is 9.84 Å². The van der Waals surface area contributed by atoms with Crippen molar-refractivity contribution >= 4 is 38.0 Å². The van der Waals surface area contributed by atoms with E-state index in [1.807, 2.05) is 18.2 Å². The molecule has 1 aromatic heterocycles. The summed E-state index contributed by atoms with van der Waals surface area (Å²) in [5.41, 5.74) is 1.44. The normalized spacial score (nSPS) is 15.6. The molecule has 29 heavy (non-hydrogen) atoms. The second kappa shape index (κ2) is 7.84. The van der Waals surface area contributed by atoms with Gasteiger partial charge >= 0.3 is 0 Å².